The second-order valence-electron chi connectivity index (χ2n) is 13.4. The molecule has 0 amide bonds. The third-order valence-electron chi connectivity index (χ3n) is 12.3. The minimum atomic E-state index is 0.477. The van der Waals surface area contributed by atoms with Crippen LogP contribution in [-0.2, 0) is 4.74 Å². The van der Waals surface area contributed by atoms with Crippen LogP contribution in [0.25, 0.3) is 10.8 Å². The molecular weight excluding hydrogens is 428 g/mol. The van der Waals surface area contributed by atoms with E-state index in [2.05, 4.69) is 54.2 Å². The van der Waals surface area contributed by atoms with E-state index in [4.69, 9.17) is 4.74 Å². The van der Waals surface area contributed by atoms with Crippen LogP contribution in [0.1, 0.15) is 83.1 Å². The summed E-state index contributed by atoms with van der Waals surface area (Å²) in [5, 5.41) is 2.64. The van der Waals surface area contributed by atoms with Crippen LogP contribution < -0.4 is 0 Å². The first kappa shape index (κ1) is 22.7. The minimum Gasteiger partial charge on any atom is -0.379 e. The van der Waals surface area contributed by atoms with Gasteiger partial charge < -0.3 is 4.74 Å². The summed E-state index contributed by atoms with van der Waals surface area (Å²) in [5.41, 5.74) is 2.64. The van der Waals surface area contributed by atoms with Gasteiger partial charge in [0.15, 0.2) is 0 Å². The molecule has 0 radical (unpaired) electrons. The number of rotatable bonds is 2. The van der Waals surface area contributed by atoms with Gasteiger partial charge in [-0.2, -0.15) is 0 Å². The van der Waals surface area contributed by atoms with E-state index in [1.54, 1.807) is 5.56 Å². The monoisotopic (exact) mass is 472 g/mol. The lowest BCUT2D eigenvalue weighted by molar-refractivity contribution is -0.121. The van der Waals surface area contributed by atoms with Crippen LogP contribution in [0.2, 0.25) is 0 Å². The van der Waals surface area contributed by atoms with Crippen molar-refractivity contribution in [3.63, 3.8) is 0 Å². The van der Waals surface area contributed by atoms with Crippen molar-refractivity contribution in [1.82, 2.24) is 9.88 Å². The van der Waals surface area contributed by atoms with Crippen LogP contribution in [0.5, 0.6) is 0 Å². The molecule has 1 aromatic carbocycles. The summed E-state index contributed by atoms with van der Waals surface area (Å²) in [6.45, 7) is 9.62. The van der Waals surface area contributed by atoms with E-state index >= 15 is 0 Å². The summed E-state index contributed by atoms with van der Waals surface area (Å²) in [6, 6.07) is 10.2. The van der Waals surface area contributed by atoms with Gasteiger partial charge in [-0.15, -0.1) is 0 Å². The molecule has 4 saturated carbocycles. The number of aromatic nitrogens is 1. The molecule has 0 bridgehead atoms. The third-order valence-corrected chi connectivity index (χ3v) is 12.3. The van der Waals surface area contributed by atoms with E-state index in [1.807, 2.05) is 6.20 Å². The van der Waals surface area contributed by atoms with Crippen molar-refractivity contribution < 1.29 is 4.74 Å². The Balaban J connectivity index is 1.11. The maximum absolute atomic E-state index is 5.65. The highest BCUT2D eigenvalue weighted by atomic mass is 16.5. The summed E-state index contributed by atoms with van der Waals surface area (Å²) in [4.78, 5) is 7.18. The number of hydrogen-bond donors (Lipinski definition) is 0. The maximum atomic E-state index is 5.65. The average Bonchev–Trinajstić information content (AvgIpc) is 3.25. The molecule has 3 heteroatoms. The van der Waals surface area contributed by atoms with Crippen molar-refractivity contribution in [2.24, 2.45) is 34.5 Å². The molecule has 1 aromatic heterocycles. The Hall–Kier alpha value is -1.45. The molecule has 5 fully saturated rings. The Morgan fingerprint density at radius 1 is 0.857 bits per heavy atom. The molecule has 4 aliphatic carbocycles. The highest BCUT2D eigenvalue weighted by Crippen LogP contribution is 2.69. The van der Waals surface area contributed by atoms with Crippen molar-refractivity contribution in [2.45, 2.75) is 83.6 Å². The number of fused-ring (bicyclic) bond motifs is 6. The van der Waals surface area contributed by atoms with Gasteiger partial charge in [-0.3, -0.25) is 9.88 Å². The average molecular weight is 473 g/mol. The minimum absolute atomic E-state index is 0.477. The lowest BCUT2D eigenvalue weighted by atomic mass is 9.44. The SMILES string of the molecule is C[C@]12CC[C@H](N3CCOCC3)C[C@@H]1CC[C@@H]1[C@@H]2CC[C@]2(C)[C@@H](c3ccc4ccncc4c3)CC[C@@H]12. The van der Waals surface area contributed by atoms with Gasteiger partial charge in [0.25, 0.3) is 0 Å². The fraction of sp³-hybridized carbons (Fsp3) is 0.719. The van der Waals surface area contributed by atoms with Gasteiger partial charge in [0.1, 0.15) is 0 Å². The number of ether oxygens (including phenoxy) is 1. The number of nitrogens with zero attached hydrogens (tertiary/aromatic N) is 2. The second kappa shape index (κ2) is 8.55. The summed E-state index contributed by atoms with van der Waals surface area (Å²) in [6.07, 6.45) is 17.0. The first-order valence-corrected chi connectivity index (χ1v) is 14.7. The van der Waals surface area contributed by atoms with Gasteiger partial charge in [0.05, 0.1) is 13.2 Å². The molecule has 3 nitrogen and oxygen atoms in total. The molecule has 1 saturated heterocycles. The summed E-state index contributed by atoms with van der Waals surface area (Å²) < 4.78 is 5.65. The summed E-state index contributed by atoms with van der Waals surface area (Å²) >= 11 is 0. The van der Waals surface area contributed by atoms with Crippen molar-refractivity contribution in [2.75, 3.05) is 26.3 Å². The van der Waals surface area contributed by atoms with Gasteiger partial charge in [-0.1, -0.05) is 26.0 Å². The van der Waals surface area contributed by atoms with Crippen LogP contribution in [0.4, 0.5) is 0 Å². The largest absolute Gasteiger partial charge is 0.379 e. The molecule has 5 aliphatic rings. The first-order chi connectivity index (χ1) is 17.1. The van der Waals surface area contributed by atoms with E-state index in [-0.39, 0.29) is 0 Å². The molecule has 0 spiro atoms. The van der Waals surface area contributed by atoms with Crippen molar-refractivity contribution in [3.05, 3.63) is 42.2 Å². The molecule has 1 aliphatic heterocycles. The van der Waals surface area contributed by atoms with E-state index in [1.165, 1.54) is 68.6 Å². The molecule has 0 unspecified atom stereocenters. The van der Waals surface area contributed by atoms with Gasteiger partial charge >= 0.3 is 0 Å². The molecule has 188 valence electrons. The van der Waals surface area contributed by atoms with E-state index < -0.39 is 0 Å². The van der Waals surface area contributed by atoms with E-state index in [9.17, 15) is 0 Å². The van der Waals surface area contributed by atoms with Crippen LogP contribution >= 0.6 is 0 Å². The predicted octanol–water partition coefficient (Wildman–Crippen LogP) is 7.06. The van der Waals surface area contributed by atoms with Crippen LogP contribution in [-0.4, -0.2) is 42.2 Å². The summed E-state index contributed by atoms with van der Waals surface area (Å²) in [5.74, 6) is 4.51. The molecule has 35 heavy (non-hydrogen) atoms. The van der Waals surface area contributed by atoms with Crippen molar-refractivity contribution in [1.29, 1.82) is 0 Å². The fourth-order valence-corrected chi connectivity index (χ4v) is 10.4. The molecule has 7 rings (SSSR count). The second-order valence-corrected chi connectivity index (χ2v) is 13.4. The zero-order valence-corrected chi connectivity index (χ0v) is 21.9. The van der Waals surface area contributed by atoms with Crippen LogP contribution in [0.15, 0.2) is 36.7 Å². The highest BCUT2D eigenvalue weighted by molar-refractivity contribution is 5.82. The molecule has 8 atom stereocenters. The van der Waals surface area contributed by atoms with E-state index in [0.717, 1.165) is 61.9 Å². The Morgan fingerprint density at radius 3 is 2.57 bits per heavy atom. The Bertz CT molecular complexity index is 1080. The number of hydrogen-bond acceptors (Lipinski definition) is 3. The maximum Gasteiger partial charge on any atom is 0.0594 e. The molecule has 0 N–H and O–H groups in total. The van der Waals surface area contributed by atoms with Crippen LogP contribution in [0, 0.1) is 34.5 Å². The number of morpholine rings is 1. The lowest BCUT2D eigenvalue weighted by Gasteiger charge is -2.61. The van der Waals surface area contributed by atoms with Gasteiger partial charge in [-0.25, -0.2) is 0 Å². The Morgan fingerprint density at radius 2 is 1.69 bits per heavy atom. The standard InChI is InChI=1S/C32H44N2O/c1-31-12-9-26(34-15-17-35-18-16-34)20-25(31)5-6-27-29-8-7-28(32(29,2)13-10-30(27)31)23-4-3-22-11-14-33-21-24(22)19-23/h3-4,11,14,19,21,25-30H,5-10,12-13,15-18,20H2,1-2H3/t25-,26-,27-,28+,29-,30-,31-,32+/m0/s1. The summed E-state index contributed by atoms with van der Waals surface area (Å²) in [7, 11) is 0. The van der Waals surface area contributed by atoms with Gasteiger partial charge in [-0.05, 0) is 121 Å². The highest BCUT2D eigenvalue weighted by Gasteiger charge is 2.60. The predicted molar refractivity (Wildman–Crippen MR) is 142 cm³/mol. The third kappa shape index (κ3) is 3.55. The Labute approximate surface area is 212 Å². The molecule has 2 aromatic rings. The van der Waals surface area contributed by atoms with Gasteiger partial charge in [0.2, 0.25) is 0 Å². The van der Waals surface area contributed by atoms with Gasteiger partial charge in [0, 0.05) is 36.9 Å². The van der Waals surface area contributed by atoms with E-state index in [0.29, 0.717) is 10.8 Å². The molecular formula is C32H44N2O. The fourth-order valence-electron chi connectivity index (χ4n) is 10.4. The smallest absolute Gasteiger partial charge is 0.0594 e. The topological polar surface area (TPSA) is 25.4 Å². The number of pyridine rings is 1. The Kier molecular flexibility index (Phi) is 5.55. The quantitative estimate of drug-likeness (QED) is 0.468. The molecule has 2 heterocycles. The van der Waals surface area contributed by atoms with Crippen LogP contribution in [0.3, 0.4) is 0 Å². The lowest BCUT2D eigenvalue weighted by Crippen LogP contribution is -2.56. The van der Waals surface area contributed by atoms with Crippen molar-refractivity contribution in [3.8, 4) is 0 Å². The zero-order chi connectivity index (χ0) is 23.6. The number of benzene rings is 1. The first-order valence-electron chi connectivity index (χ1n) is 14.7. The zero-order valence-electron chi connectivity index (χ0n) is 21.9. The normalized spacial score (nSPS) is 43.9. The van der Waals surface area contributed by atoms with Crippen molar-refractivity contribution >= 4 is 10.8 Å².